The van der Waals surface area contributed by atoms with Crippen molar-refractivity contribution in [3.63, 3.8) is 0 Å². The molecule has 3 nitrogen and oxygen atoms in total. The summed E-state index contributed by atoms with van der Waals surface area (Å²) in [6, 6.07) is 0.534. The Balaban J connectivity index is 2.22. The van der Waals surface area contributed by atoms with Crippen LogP contribution in [0.3, 0.4) is 0 Å². The Morgan fingerprint density at radius 3 is 2.53 bits per heavy atom. The minimum Gasteiger partial charge on any atom is -0.389 e. The van der Waals surface area contributed by atoms with Crippen molar-refractivity contribution >= 4 is 0 Å². The van der Waals surface area contributed by atoms with Gasteiger partial charge in [-0.15, -0.1) is 0 Å². The van der Waals surface area contributed by atoms with E-state index >= 15 is 0 Å². The third kappa shape index (κ3) is 5.36. The lowest BCUT2D eigenvalue weighted by molar-refractivity contribution is -0.0488. The second-order valence-electron chi connectivity index (χ2n) is 6.92. The molecule has 0 bridgehead atoms. The minimum atomic E-state index is -0.411. The van der Waals surface area contributed by atoms with E-state index in [0.29, 0.717) is 24.6 Å². The van der Waals surface area contributed by atoms with Crippen molar-refractivity contribution in [1.29, 1.82) is 0 Å². The lowest BCUT2D eigenvalue weighted by atomic mass is 9.87. The van der Waals surface area contributed by atoms with Crippen LogP contribution in [0.1, 0.15) is 53.9 Å². The van der Waals surface area contributed by atoms with Crippen molar-refractivity contribution in [1.82, 2.24) is 5.32 Å². The molecule has 0 spiro atoms. The van der Waals surface area contributed by atoms with E-state index in [-0.39, 0.29) is 5.60 Å². The van der Waals surface area contributed by atoms with Crippen molar-refractivity contribution in [3.8, 4) is 0 Å². The first-order valence-electron chi connectivity index (χ1n) is 6.76. The molecule has 0 amide bonds. The van der Waals surface area contributed by atoms with Crippen LogP contribution in [-0.4, -0.2) is 36.0 Å². The Morgan fingerprint density at radius 1 is 1.41 bits per heavy atom. The van der Waals surface area contributed by atoms with Gasteiger partial charge in [0.15, 0.2) is 0 Å². The van der Waals surface area contributed by atoms with Gasteiger partial charge in [-0.25, -0.2) is 0 Å². The fraction of sp³-hybridized carbons (Fsp3) is 1.00. The molecule has 2 atom stereocenters. The van der Waals surface area contributed by atoms with Gasteiger partial charge in [-0.05, 0) is 39.0 Å². The van der Waals surface area contributed by atoms with E-state index in [4.69, 9.17) is 4.74 Å². The standard InChI is InChI=1S/C14H29NO2/c1-13(2,3)17-10-11(16)9-15-12-7-6-8-14(12,4)5/h11-12,15-16H,6-10H2,1-5H3. The van der Waals surface area contributed by atoms with Crippen LogP contribution in [0, 0.1) is 5.41 Å². The van der Waals surface area contributed by atoms with Crippen molar-refractivity contribution in [2.24, 2.45) is 5.41 Å². The molecule has 0 aromatic heterocycles. The predicted molar refractivity (Wildman–Crippen MR) is 71.1 cm³/mol. The van der Waals surface area contributed by atoms with Gasteiger partial charge < -0.3 is 15.2 Å². The molecule has 0 radical (unpaired) electrons. The zero-order chi connectivity index (χ0) is 13.1. The van der Waals surface area contributed by atoms with E-state index in [1.807, 2.05) is 20.8 Å². The third-order valence-corrected chi connectivity index (χ3v) is 3.57. The Kier molecular flexibility index (Phi) is 4.99. The van der Waals surface area contributed by atoms with Crippen molar-refractivity contribution in [3.05, 3.63) is 0 Å². The Hall–Kier alpha value is -0.120. The first-order valence-corrected chi connectivity index (χ1v) is 6.76. The highest BCUT2D eigenvalue weighted by Crippen LogP contribution is 2.37. The molecule has 1 aliphatic rings. The topological polar surface area (TPSA) is 41.5 Å². The maximum atomic E-state index is 9.86. The largest absolute Gasteiger partial charge is 0.389 e. The van der Waals surface area contributed by atoms with Crippen LogP contribution in [0.25, 0.3) is 0 Å². The van der Waals surface area contributed by atoms with Gasteiger partial charge in [0, 0.05) is 12.6 Å². The number of nitrogens with one attached hydrogen (secondary N) is 1. The second-order valence-corrected chi connectivity index (χ2v) is 6.92. The Morgan fingerprint density at radius 2 is 2.06 bits per heavy atom. The van der Waals surface area contributed by atoms with Gasteiger partial charge in [0.25, 0.3) is 0 Å². The summed E-state index contributed by atoms with van der Waals surface area (Å²) in [4.78, 5) is 0. The summed E-state index contributed by atoms with van der Waals surface area (Å²) in [5.41, 5.74) is 0.193. The first kappa shape index (κ1) is 14.9. The molecular formula is C14H29NO2. The van der Waals surface area contributed by atoms with Gasteiger partial charge in [0.05, 0.1) is 18.3 Å². The zero-order valence-electron chi connectivity index (χ0n) is 12.0. The summed E-state index contributed by atoms with van der Waals surface area (Å²) in [6.07, 6.45) is 3.38. The monoisotopic (exact) mass is 243 g/mol. The van der Waals surface area contributed by atoms with E-state index in [2.05, 4.69) is 19.2 Å². The smallest absolute Gasteiger partial charge is 0.0898 e. The molecule has 0 aromatic rings. The molecule has 1 saturated carbocycles. The Bertz CT molecular complexity index is 233. The van der Waals surface area contributed by atoms with E-state index in [0.717, 1.165) is 0 Å². The summed E-state index contributed by atoms with van der Waals surface area (Å²) >= 11 is 0. The molecule has 1 rings (SSSR count). The molecule has 3 heteroatoms. The van der Waals surface area contributed by atoms with Crippen LogP contribution in [0.15, 0.2) is 0 Å². The van der Waals surface area contributed by atoms with E-state index in [1.165, 1.54) is 19.3 Å². The lowest BCUT2D eigenvalue weighted by Crippen LogP contribution is -2.43. The molecule has 0 saturated heterocycles. The number of aliphatic hydroxyl groups excluding tert-OH is 1. The van der Waals surface area contributed by atoms with Gasteiger partial charge in [0.1, 0.15) is 0 Å². The van der Waals surface area contributed by atoms with Gasteiger partial charge >= 0.3 is 0 Å². The van der Waals surface area contributed by atoms with E-state index < -0.39 is 6.10 Å². The van der Waals surface area contributed by atoms with Crippen LogP contribution in [-0.2, 0) is 4.74 Å². The van der Waals surface area contributed by atoms with Crippen LogP contribution >= 0.6 is 0 Å². The van der Waals surface area contributed by atoms with E-state index in [1.54, 1.807) is 0 Å². The van der Waals surface area contributed by atoms with Gasteiger partial charge in [0.2, 0.25) is 0 Å². The number of aliphatic hydroxyl groups is 1. The molecule has 1 fully saturated rings. The summed E-state index contributed by atoms with van der Waals surface area (Å²) in [6.45, 7) is 11.7. The number of ether oxygens (including phenoxy) is 1. The highest BCUT2D eigenvalue weighted by Gasteiger charge is 2.34. The first-order chi connectivity index (χ1) is 7.71. The highest BCUT2D eigenvalue weighted by atomic mass is 16.5. The average Bonchev–Trinajstić information content (AvgIpc) is 2.50. The summed E-state index contributed by atoms with van der Waals surface area (Å²) < 4.78 is 5.57. The number of hydrogen-bond acceptors (Lipinski definition) is 3. The maximum absolute atomic E-state index is 9.86. The van der Waals surface area contributed by atoms with Crippen LogP contribution < -0.4 is 5.32 Å². The van der Waals surface area contributed by atoms with Gasteiger partial charge in [-0.3, -0.25) is 0 Å². The molecule has 102 valence electrons. The summed E-state index contributed by atoms with van der Waals surface area (Å²) in [5, 5.41) is 13.3. The molecule has 0 aliphatic heterocycles. The highest BCUT2D eigenvalue weighted by molar-refractivity contribution is 4.90. The minimum absolute atomic E-state index is 0.173. The predicted octanol–water partition coefficient (Wildman–Crippen LogP) is 2.33. The van der Waals surface area contributed by atoms with Crippen molar-refractivity contribution < 1.29 is 9.84 Å². The zero-order valence-corrected chi connectivity index (χ0v) is 12.0. The summed E-state index contributed by atoms with van der Waals surface area (Å²) in [5.74, 6) is 0. The fourth-order valence-corrected chi connectivity index (χ4v) is 2.39. The normalized spacial score (nSPS) is 26.1. The molecular weight excluding hydrogens is 214 g/mol. The molecule has 0 aromatic carbocycles. The molecule has 17 heavy (non-hydrogen) atoms. The van der Waals surface area contributed by atoms with Crippen molar-refractivity contribution in [2.45, 2.75) is 71.6 Å². The second kappa shape index (κ2) is 5.68. The van der Waals surface area contributed by atoms with E-state index in [9.17, 15) is 5.11 Å². The quantitative estimate of drug-likeness (QED) is 0.778. The number of rotatable bonds is 5. The molecule has 2 N–H and O–H groups in total. The number of hydrogen-bond donors (Lipinski definition) is 2. The average molecular weight is 243 g/mol. The Labute approximate surface area is 106 Å². The molecule has 1 aliphatic carbocycles. The molecule has 2 unspecified atom stereocenters. The SMILES string of the molecule is CC(C)(C)OCC(O)CNC1CCCC1(C)C. The van der Waals surface area contributed by atoms with Crippen molar-refractivity contribution in [2.75, 3.05) is 13.2 Å². The van der Waals surface area contributed by atoms with Gasteiger partial charge in [-0.2, -0.15) is 0 Å². The third-order valence-electron chi connectivity index (χ3n) is 3.57. The van der Waals surface area contributed by atoms with Crippen LogP contribution in [0.4, 0.5) is 0 Å². The lowest BCUT2D eigenvalue weighted by Gasteiger charge is -2.29. The molecule has 0 heterocycles. The fourth-order valence-electron chi connectivity index (χ4n) is 2.39. The summed E-state index contributed by atoms with van der Waals surface area (Å²) in [7, 11) is 0. The van der Waals surface area contributed by atoms with Crippen LogP contribution in [0.2, 0.25) is 0 Å². The van der Waals surface area contributed by atoms with Crippen LogP contribution in [0.5, 0.6) is 0 Å². The maximum Gasteiger partial charge on any atom is 0.0898 e. The van der Waals surface area contributed by atoms with Gasteiger partial charge in [-0.1, -0.05) is 20.3 Å².